The van der Waals surface area contributed by atoms with Crippen molar-refractivity contribution in [3.63, 3.8) is 0 Å². The highest BCUT2D eigenvalue weighted by atomic mass is 127. The van der Waals surface area contributed by atoms with E-state index >= 15 is 0 Å². The molecule has 2 aromatic rings. The Morgan fingerprint density at radius 2 is 2.04 bits per heavy atom. The standard InChI is InChI=1S/C18H29N5O.HI/c1-6-19-18(23(5)14-15-9-7-11-22(15)4)20-13-16(21(2)3)17-10-8-12-24-17;/h7-12,16H,6,13-14H2,1-5H3,(H,19,20);1H. The van der Waals surface area contributed by atoms with Crippen molar-refractivity contribution in [3.05, 3.63) is 48.2 Å². The Bertz CT molecular complexity index is 636. The minimum Gasteiger partial charge on any atom is -0.468 e. The molecule has 2 heterocycles. The van der Waals surface area contributed by atoms with Gasteiger partial charge in [-0.05, 0) is 45.3 Å². The SMILES string of the molecule is CCNC(=NCC(c1ccco1)N(C)C)N(C)Cc1cccn1C.I. The molecule has 0 radical (unpaired) electrons. The molecule has 1 atom stereocenters. The number of aromatic nitrogens is 1. The fraction of sp³-hybridized carbons (Fsp3) is 0.500. The highest BCUT2D eigenvalue weighted by Gasteiger charge is 2.17. The van der Waals surface area contributed by atoms with Crippen LogP contribution in [0.4, 0.5) is 0 Å². The van der Waals surface area contributed by atoms with Gasteiger partial charge in [0.1, 0.15) is 5.76 Å². The molecular weight excluding hydrogens is 429 g/mol. The summed E-state index contributed by atoms with van der Waals surface area (Å²) in [5.41, 5.74) is 1.25. The molecule has 0 aliphatic heterocycles. The number of nitrogens with one attached hydrogen (secondary N) is 1. The van der Waals surface area contributed by atoms with E-state index in [2.05, 4.69) is 59.0 Å². The van der Waals surface area contributed by atoms with Gasteiger partial charge in [0.25, 0.3) is 0 Å². The van der Waals surface area contributed by atoms with Crippen LogP contribution in [-0.4, -0.2) is 54.6 Å². The number of hydrogen-bond acceptors (Lipinski definition) is 3. The van der Waals surface area contributed by atoms with Gasteiger partial charge in [-0.15, -0.1) is 24.0 Å². The van der Waals surface area contributed by atoms with Gasteiger partial charge in [0.15, 0.2) is 5.96 Å². The Labute approximate surface area is 167 Å². The van der Waals surface area contributed by atoms with E-state index in [9.17, 15) is 0 Å². The average molecular weight is 459 g/mol. The molecule has 140 valence electrons. The number of furan rings is 1. The lowest BCUT2D eigenvalue weighted by atomic mass is 10.2. The van der Waals surface area contributed by atoms with E-state index < -0.39 is 0 Å². The molecule has 2 rings (SSSR count). The topological polar surface area (TPSA) is 48.9 Å². The molecule has 25 heavy (non-hydrogen) atoms. The van der Waals surface area contributed by atoms with Gasteiger partial charge in [0.2, 0.25) is 0 Å². The van der Waals surface area contributed by atoms with E-state index in [4.69, 9.17) is 9.41 Å². The predicted octanol–water partition coefficient (Wildman–Crippen LogP) is 2.94. The molecule has 1 unspecified atom stereocenters. The third-order valence-corrected chi connectivity index (χ3v) is 4.06. The first-order valence-corrected chi connectivity index (χ1v) is 8.32. The number of aryl methyl sites for hydroxylation is 1. The van der Waals surface area contributed by atoms with E-state index in [1.54, 1.807) is 6.26 Å². The van der Waals surface area contributed by atoms with Gasteiger partial charge in [-0.2, -0.15) is 0 Å². The van der Waals surface area contributed by atoms with Crippen molar-refractivity contribution in [2.75, 3.05) is 34.2 Å². The summed E-state index contributed by atoms with van der Waals surface area (Å²) in [6.45, 7) is 4.37. The van der Waals surface area contributed by atoms with Crippen LogP contribution in [0.1, 0.15) is 24.4 Å². The second-order valence-electron chi connectivity index (χ2n) is 6.16. The van der Waals surface area contributed by atoms with Crippen molar-refractivity contribution in [2.24, 2.45) is 12.0 Å². The van der Waals surface area contributed by atoms with Gasteiger partial charge < -0.3 is 19.2 Å². The maximum absolute atomic E-state index is 5.56. The quantitative estimate of drug-likeness (QED) is 0.393. The zero-order valence-electron chi connectivity index (χ0n) is 15.8. The fourth-order valence-corrected chi connectivity index (χ4v) is 2.61. The number of halogens is 1. The lowest BCUT2D eigenvalue weighted by Crippen LogP contribution is -2.39. The van der Waals surface area contributed by atoms with Crippen LogP contribution < -0.4 is 5.32 Å². The minimum absolute atomic E-state index is 0. The Hall–Kier alpha value is -1.48. The Morgan fingerprint density at radius 3 is 2.56 bits per heavy atom. The summed E-state index contributed by atoms with van der Waals surface area (Å²) in [5, 5.41) is 3.37. The zero-order valence-corrected chi connectivity index (χ0v) is 18.1. The molecule has 6 nitrogen and oxygen atoms in total. The molecule has 0 spiro atoms. The highest BCUT2D eigenvalue weighted by molar-refractivity contribution is 14.0. The summed E-state index contributed by atoms with van der Waals surface area (Å²) in [6, 6.07) is 8.23. The van der Waals surface area contributed by atoms with Gasteiger partial charge >= 0.3 is 0 Å². The monoisotopic (exact) mass is 459 g/mol. The fourth-order valence-electron chi connectivity index (χ4n) is 2.61. The van der Waals surface area contributed by atoms with Crippen LogP contribution in [0.15, 0.2) is 46.1 Å². The molecule has 0 bridgehead atoms. The van der Waals surface area contributed by atoms with E-state index in [1.165, 1.54) is 5.69 Å². The van der Waals surface area contributed by atoms with Crippen LogP contribution in [0.3, 0.4) is 0 Å². The largest absolute Gasteiger partial charge is 0.468 e. The average Bonchev–Trinajstić information content (AvgIpc) is 3.19. The molecule has 0 amide bonds. The van der Waals surface area contributed by atoms with Crippen molar-refractivity contribution >= 4 is 29.9 Å². The lowest BCUT2D eigenvalue weighted by molar-refractivity contribution is 0.264. The Morgan fingerprint density at radius 1 is 1.28 bits per heavy atom. The number of guanidine groups is 1. The zero-order chi connectivity index (χ0) is 17.5. The first-order chi connectivity index (χ1) is 11.5. The van der Waals surface area contributed by atoms with Crippen LogP contribution in [0.25, 0.3) is 0 Å². The van der Waals surface area contributed by atoms with Crippen molar-refractivity contribution in [1.29, 1.82) is 0 Å². The molecule has 0 saturated carbocycles. The van der Waals surface area contributed by atoms with Crippen LogP contribution >= 0.6 is 24.0 Å². The lowest BCUT2D eigenvalue weighted by Gasteiger charge is -2.25. The third-order valence-electron chi connectivity index (χ3n) is 4.06. The Kier molecular flexibility index (Phi) is 9.05. The molecule has 0 aliphatic carbocycles. The van der Waals surface area contributed by atoms with Gasteiger partial charge in [0, 0.05) is 32.5 Å². The number of likely N-dealkylation sites (N-methyl/N-ethyl adjacent to an activating group) is 1. The maximum Gasteiger partial charge on any atom is 0.194 e. The molecule has 2 aromatic heterocycles. The molecule has 0 saturated heterocycles. The second kappa shape index (κ2) is 10.5. The van der Waals surface area contributed by atoms with Gasteiger partial charge in [-0.25, -0.2) is 0 Å². The summed E-state index contributed by atoms with van der Waals surface area (Å²) in [6.07, 6.45) is 3.77. The van der Waals surface area contributed by atoms with Crippen LogP contribution in [0, 0.1) is 0 Å². The summed E-state index contributed by atoms with van der Waals surface area (Å²) in [7, 11) is 8.21. The van der Waals surface area contributed by atoms with E-state index in [0.29, 0.717) is 6.54 Å². The third kappa shape index (κ3) is 6.07. The molecule has 0 aliphatic rings. The summed E-state index contributed by atoms with van der Waals surface area (Å²) in [5.74, 6) is 1.83. The number of nitrogens with zero attached hydrogens (tertiary/aromatic N) is 4. The Balaban J connectivity index is 0.00000312. The van der Waals surface area contributed by atoms with Crippen molar-refractivity contribution in [3.8, 4) is 0 Å². The molecule has 7 heteroatoms. The smallest absolute Gasteiger partial charge is 0.194 e. The summed E-state index contributed by atoms with van der Waals surface area (Å²) < 4.78 is 7.69. The van der Waals surface area contributed by atoms with Gasteiger partial charge in [-0.1, -0.05) is 0 Å². The molecule has 0 fully saturated rings. The number of aliphatic imine (C=N–C) groups is 1. The summed E-state index contributed by atoms with van der Waals surface area (Å²) in [4.78, 5) is 9.10. The van der Waals surface area contributed by atoms with Crippen molar-refractivity contribution in [2.45, 2.75) is 19.5 Å². The van der Waals surface area contributed by atoms with Gasteiger partial charge in [-0.3, -0.25) is 9.89 Å². The first-order valence-electron chi connectivity index (χ1n) is 8.32. The van der Waals surface area contributed by atoms with Gasteiger partial charge in [0.05, 0.1) is 25.4 Å². The van der Waals surface area contributed by atoms with Crippen LogP contribution in [0.5, 0.6) is 0 Å². The van der Waals surface area contributed by atoms with Crippen LogP contribution in [-0.2, 0) is 13.6 Å². The normalized spacial score (nSPS) is 12.8. The molecule has 0 aromatic carbocycles. The van der Waals surface area contributed by atoms with E-state index in [-0.39, 0.29) is 30.0 Å². The van der Waals surface area contributed by atoms with E-state index in [1.807, 2.05) is 26.2 Å². The van der Waals surface area contributed by atoms with E-state index in [0.717, 1.165) is 24.8 Å². The molecule has 1 N–H and O–H groups in total. The minimum atomic E-state index is 0. The van der Waals surface area contributed by atoms with Crippen molar-refractivity contribution < 1.29 is 4.42 Å². The second-order valence-corrected chi connectivity index (χ2v) is 6.16. The number of hydrogen-bond donors (Lipinski definition) is 1. The predicted molar refractivity (Wildman–Crippen MR) is 113 cm³/mol. The first kappa shape index (κ1) is 21.6. The van der Waals surface area contributed by atoms with Crippen molar-refractivity contribution in [1.82, 2.24) is 19.7 Å². The maximum atomic E-state index is 5.56. The summed E-state index contributed by atoms with van der Waals surface area (Å²) >= 11 is 0. The molecular formula is C18H30IN5O. The number of rotatable bonds is 7. The highest BCUT2D eigenvalue weighted by Crippen LogP contribution is 2.19. The van der Waals surface area contributed by atoms with Crippen LogP contribution in [0.2, 0.25) is 0 Å².